The first-order valence-corrected chi connectivity index (χ1v) is 4.13. The highest BCUT2D eigenvalue weighted by molar-refractivity contribution is 5.36. The molecule has 0 aliphatic heterocycles. The average Bonchev–Trinajstić information content (AvgIpc) is 2.19. The van der Waals surface area contributed by atoms with Crippen molar-refractivity contribution in [3.63, 3.8) is 0 Å². The van der Waals surface area contributed by atoms with Crippen molar-refractivity contribution in [2.45, 2.75) is 6.54 Å². The van der Waals surface area contributed by atoms with Crippen molar-refractivity contribution in [1.29, 1.82) is 0 Å². The van der Waals surface area contributed by atoms with Gasteiger partial charge in [-0.15, -0.1) is 0 Å². The molecule has 0 radical (unpaired) electrons. The van der Waals surface area contributed by atoms with Crippen molar-refractivity contribution >= 4 is 0 Å². The predicted molar refractivity (Wildman–Crippen MR) is 53.1 cm³/mol. The number of methoxy groups -OCH3 is 1. The molecule has 68 valence electrons. The molecule has 0 spiro atoms. The number of ether oxygens (including phenoxy) is 1. The fraction of sp³-hybridized carbons (Fsp3) is 0.273. The van der Waals surface area contributed by atoms with Crippen LogP contribution in [0.5, 0.6) is 0 Å². The summed E-state index contributed by atoms with van der Waals surface area (Å²) in [7, 11) is 1.63. The molecule has 2 N–H and O–H groups in total. The van der Waals surface area contributed by atoms with Crippen molar-refractivity contribution in [3.05, 3.63) is 35.4 Å². The van der Waals surface area contributed by atoms with Gasteiger partial charge in [-0.3, -0.25) is 0 Å². The second-order valence-corrected chi connectivity index (χ2v) is 2.64. The summed E-state index contributed by atoms with van der Waals surface area (Å²) < 4.78 is 4.81. The van der Waals surface area contributed by atoms with E-state index in [1.54, 1.807) is 7.11 Å². The maximum Gasteiger partial charge on any atom is 0.107 e. The Morgan fingerprint density at radius 3 is 2.54 bits per heavy atom. The van der Waals surface area contributed by atoms with Gasteiger partial charge in [-0.25, -0.2) is 0 Å². The highest BCUT2D eigenvalue weighted by atomic mass is 16.5. The molecule has 13 heavy (non-hydrogen) atoms. The normalized spacial score (nSPS) is 9.08. The van der Waals surface area contributed by atoms with E-state index in [2.05, 4.69) is 11.8 Å². The van der Waals surface area contributed by atoms with Crippen LogP contribution in [0.4, 0.5) is 0 Å². The first kappa shape index (κ1) is 9.79. The molecule has 2 heteroatoms. The summed E-state index contributed by atoms with van der Waals surface area (Å²) in [4.78, 5) is 0. The molecular weight excluding hydrogens is 162 g/mol. The third-order valence-corrected chi connectivity index (χ3v) is 1.64. The second-order valence-electron chi connectivity index (χ2n) is 2.64. The molecular formula is C11H13NO. The van der Waals surface area contributed by atoms with Crippen LogP contribution >= 0.6 is 0 Å². The predicted octanol–water partition coefficient (Wildman–Crippen LogP) is 1.14. The molecule has 1 aromatic carbocycles. The van der Waals surface area contributed by atoms with Gasteiger partial charge >= 0.3 is 0 Å². The van der Waals surface area contributed by atoms with Crippen molar-refractivity contribution in [2.75, 3.05) is 13.7 Å². The Bertz CT molecular complexity index is 305. The van der Waals surface area contributed by atoms with Gasteiger partial charge in [0.2, 0.25) is 0 Å². The largest absolute Gasteiger partial charge is 0.372 e. The van der Waals surface area contributed by atoms with Crippen LogP contribution in [-0.4, -0.2) is 13.7 Å². The Hall–Kier alpha value is -1.30. The smallest absolute Gasteiger partial charge is 0.107 e. The fourth-order valence-corrected chi connectivity index (χ4v) is 0.934. The van der Waals surface area contributed by atoms with Crippen molar-refractivity contribution in [2.24, 2.45) is 5.73 Å². The molecule has 2 nitrogen and oxygen atoms in total. The van der Waals surface area contributed by atoms with E-state index in [-0.39, 0.29) is 0 Å². The number of benzene rings is 1. The molecule has 0 bridgehead atoms. The molecule has 0 unspecified atom stereocenters. The lowest BCUT2D eigenvalue weighted by molar-refractivity contribution is 0.240. The zero-order valence-corrected chi connectivity index (χ0v) is 7.71. The van der Waals surface area contributed by atoms with Crippen LogP contribution in [0.1, 0.15) is 11.1 Å². The summed E-state index contributed by atoms with van der Waals surface area (Å²) in [5, 5.41) is 0. The van der Waals surface area contributed by atoms with E-state index >= 15 is 0 Å². The summed E-state index contributed by atoms with van der Waals surface area (Å²) in [5.74, 6) is 5.87. The topological polar surface area (TPSA) is 35.2 Å². The number of hydrogen-bond donors (Lipinski definition) is 1. The lowest BCUT2D eigenvalue weighted by atomic mass is 10.1. The zero-order valence-electron chi connectivity index (χ0n) is 7.71. The van der Waals surface area contributed by atoms with Gasteiger partial charge < -0.3 is 10.5 Å². The summed E-state index contributed by atoms with van der Waals surface area (Å²) in [6, 6.07) is 7.89. The van der Waals surface area contributed by atoms with E-state index in [1.165, 1.54) is 0 Å². The minimum atomic E-state index is 0.471. The third kappa shape index (κ3) is 3.29. The number of nitrogens with two attached hydrogens (primary N) is 1. The second kappa shape index (κ2) is 5.36. The molecule has 0 aliphatic carbocycles. The molecule has 0 heterocycles. The van der Waals surface area contributed by atoms with Crippen LogP contribution < -0.4 is 5.73 Å². The number of hydrogen-bond acceptors (Lipinski definition) is 2. The molecule has 1 aromatic rings. The summed E-state index contributed by atoms with van der Waals surface area (Å²) >= 11 is 0. The Morgan fingerprint density at radius 1 is 1.31 bits per heavy atom. The van der Waals surface area contributed by atoms with E-state index in [4.69, 9.17) is 10.5 Å². The quantitative estimate of drug-likeness (QED) is 0.684. The Morgan fingerprint density at radius 2 is 2.00 bits per heavy atom. The molecule has 0 aromatic heterocycles. The lowest BCUT2D eigenvalue weighted by Gasteiger charge is -1.94. The molecule has 0 fully saturated rings. The minimum absolute atomic E-state index is 0.471. The van der Waals surface area contributed by atoms with Crippen LogP contribution in [0.25, 0.3) is 0 Å². The van der Waals surface area contributed by atoms with E-state index in [9.17, 15) is 0 Å². The van der Waals surface area contributed by atoms with Gasteiger partial charge in [0.1, 0.15) is 6.61 Å². The van der Waals surface area contributed by atoms with E-state index in [0.717, 1.165) is 11.1 Å². The van der Waals surface area contributed by atoms with Crippen LogP contribution in [0, 0.1) is 11.8 Å². The van der Waals surface area contributed by atoms with Gasteiger partial charge in [0.25, 0.3) is 0 Å². The van der Waals surface area contributed by atoms with E-state index in [1.807, 2.05) is 24.3 Å². The first-order valence-electron chi connectivity index (χ1n) is 4.13. The lowest BCUT2D eigenvalue weighted by Crippen LogP contribution is -1.95. The van der Waals surface area contributed by atoms with Crippen molar-refractivity contribution in [3.8, 4) is 11.8 Å². The monoisotopic (exact) mass is 175 g/mol. The Labute approximate surface area is 78.7 Å². The minimum Gasteiger partial charge on any atom is -0.372 e. The van der Waals surface area contributed by atoms with Crippen molar-refractivity contribution in [1.82, 2.24) is 0 Å². The maximum atomic E-state index is 5.47. The van der Waals surface area contributed by atoms with Gasteiger partial charge in [0.05, 0.1) is 0 Å². The fourth-order valence-electron chi connectivity index (χ4n) is 0.934. The molecule has 0 amide bonds. The molecule has 0 aliphatic rings. The highest BCUT2D eigenvalue weighted by Crippen LogP contribution is 2.01. The zero-order chi connectivity index (χ0) is 9.52. The molecule has 1 rings (SSSR count). The van der Waals surface area contributed by atoms with E-state index in [0.29, 0.717) is 13.2 Å². The SMILES string of the molecule is COCC#Cc1ccc(CN)cc1. The van der Waals surface area contributed by atoms with Gasteiger partial charge in [-0.2, -0.15) is 0 Å². The van der Waals surface area contributed by atoms with Crippen LogP contribution in [-0.2, 0) is 11.3 Å². The van der Waals surface area contributed by atoms with Gasteiger partial charge in [-0.1, -0.05) is 24.0 Å². The molecule has 0 atom stereocenters. The number of rotatable bonds is 2. The summed E-state index contributed by atoms with van der Waals surface area (Å²) in [5.41, 5.74) is 7.58. The van der Waals surface area contributed by atoms with E-state index < -0.39 is 0 Å². The third-order valence-electron chi connectivity index (χ3n) is 1.64. The average molecular weight is 175 g/mol. The maximum absolute atomic E-state index is 5.47. The standard InChI is InChI=1S/C11H13NO/c1-13-8-2-3-10-4-6-11(9-12)7-5-10/h4-7H,8-9,12H2,1H3. The summed E-state index contributed by atoms with van der Waals surface area (Å²) in [6.45, 7) is 1.05. The molecule has 0 saturated carbocycles. The van der Waals surface area contributed by atoms with Crippen LogP contribution in [0.15, 0.2) is 24.3 Å². The summed E-state index contributed by atoms with van der Waals surface area (Å²) in [6.07, 6.45) is 0. The van der Waals surface area contributed by atoms with Crippen molar-refractivity contribution < 1.29 is 4.74 Å². The Balaban J connectivity index is 2.65. The van der Waals surface area contributed by atoms with Crippen LogP contribution in [0.2, 0.25) is 0 Å². The highest BCUT2D eigenvalue weighted by Gasteiger charge is 1.88. The van der Waals surface area contributed by atoms with Gasteiger partial charge in [0.15, 0.2) is 0 Å². The van der Waals surface area contributed by atoms with Crippen LogP contribution in [0.3, 0.4) is 0 Å². The molecule has 0 saturated heterocycles. The van der Waals surface area contributed by atoms with Gasteiger partial charge in [-0.05, 0) is 17.7 Å². The van der Waals surface area contributed by atoms with Gasteiger partial charge in [0, 0.05) is 19.2 Å². The Kier molecular flexibility index (Phi) is 4.04. The first-order chi connectivity index (χ1) is 6.36.